The van der Waals surface area contributed by atoms with Gasteiger partial charge in [0.15, 0.2) is 0 Å². The summed E-state index contributed by atoms with van der Waals surface area (Å²) in [6.07, 6.45) is 1.84. The second-order valence-electron chi connectivity index (χ2n) is 6.27. The highest BCUT2D eigenvalue weighted by atomic mass is 16.2. The molecule has 1 saturated heterocycles. The van der Waals surface area contributed by atoms with Crippen LogP contribution in [-0.2, 0) is 6.54 Å². The summed E-state index contributed by atoms with van der Waals surface area (Å²) in [7, 11) is 2.14. The summed E-state index contributed by atoms with van der Waals surface area (Å²) in [5.74, 6) is 1.47. The quantitative estimate of drug-likeness (QED) is 0.860. The summed E-state index contributed by atoms with van der Waals surface area (Å²) < 4.78 is 0. The molecule has 2 rings (SSSR count). The summed E-state index contributed by atoms with van der Waals surface area (Å²) in [5, 5.41) is 5.69. The van der Waals surface area contributed by atoms with Gasteiger partial charge in [-0.05, 0) is 24.6 Å². The largest absolute Gasteiger partial charge is 0.354 e. The third kappa shape index (κ3) is 5.18. The first-order valence-corrected chi connectivity index (χ1v) is 7.94. The van der Waals surface area contributed by atoms with Crippen molar-refractivity contribution in [3.05, 3.63) is 23.9 Å². The van der Waals surface area contributed by atoms with Gasteiger partial charge in [0, 0.05) is 45.5 Å². The molecule has 6 heteroatoms. The number of amides is 2. The molecular formula is C16H27N5O. The monoisotopic (exact) mass is 305 g/mol. The van der Waals surface area contributed by atoms with E-state index in [1.165, 1.54) is 0 Å². The van der Waals surface area contributed by atoms with E-state index in [1.54, 1.807) is 0 Å². The molecule has 0 atom stereocenters. The number of urea groups is 1. The van der Waals surface area contributed by atoms with Crippen molar-refractivity contribution in [2.24, 2.45) is 5.92 Å². The number of piperazine rings is 1. The summed E-state index contributed by atoms with van der Waals surface area (Å²) in [4.78, 5) is 20.7. The van der Waals surface area contributed by atoms with Crippen LogP contribution in [0.1, 0.15) is 19.4 Å². The van der Waals surface area contributed by atoms with Gasteiger partial charge in [0.2, 0.25) is 0 Å². The van der Waals surface area contributed by atoms with E-state index < -0.39 is 0 Å². The van der Waals surface area contributed by atoms with Gasteiger partial charge in [0.05, 0.1) is 0 Å². The molecule has 0 bridgehead atoms. The highest BCUT2D eigenvalue weighted by Crippen LogP contribution is 2.13. The molecule has 0 aliphatic carbocycles. The van der Waals surface area contributed by atoms with E-state index in [2.05, 4.69) is 46.3 Å². The first kappa shape index (κ1) is 16.5. The highest BCUT2D eigenvalue weighted by Gasteiger charge is 2.14. The Balaban J connectivity index is 1.78. The van der Waals surface area contributed by atoms with Gasteiger partial charge >= 0.3 is 6.03 Å². The number of carbonyl (C=O) groups excluding carboxylic acids is 1. The average Bonchev–Trinajstić information content (AvgIpc) is 2.52. The lowest BCUT2D eigenvalue weighted by Crippen LogP contribution is -2.44. The Morgan fingerprint density at radius 3 is 2.55 bits per heavy atom. The number of hydrogen-bond acceptors (Lipinski definition) is 4. The van der Waals surface area contributed by atoms with Crippen LogP contribution < -0.4 is 15.5 Å². The van der Waals surface area contributed by atoms with Crippen LogP contribution in [0.5, 0.6) is 0 Å². The zero-order valence-corrected chi connectivity index (χ0v) is 13.8. The third-order valence-electron chi connectivity index (χ3n) is 3.76. The second-order valence-corrected chi connectivity index (χ2v) is 6.27. The molecule has 22 heavy (non-hydrogen) atoms. The van der Waals surface area contributed by atoms with Crippen molar-refractivity contribution in [2.75, 3.05) is 44.7 Å². The van der Waals surface area contributed by atoms with Crippen LogP contribution in [0.15, 0.2) is 18.3 Å². The lowest BCUT2D eigenvalue weighted by atomic mass is 10.2. The third-order valence-corrected chi connectivity index (χ3v) is 3.76. The van der Waals surface area contributed by atoms with E-state index in [1.807, 2.05) is 18.3 Å². The van der Waals surface area contributed by atoms with Gasteiger partial charge in [0.25, 0.3) is 0 Å². The van der Waals surface area contributed by atoms with Crippen LogP contribution >= 0.6 is 0 Å². The van der Waals surface area contributed by atoms with E-state index in [9.17, 15) is 4.79 Å². The van der Waals surface area contributed by atoms with Gasteiger partial charge in [-0.25, -0.2) is 9.78 Å². The van der Waals surface area contributed by atoms with Gasteiger partial charge < -0.3 is 20.4 Å². The molecule has 1 aliphatic rings. The number of nitrogens with one attached hydrogen (secondary N) is 2. The van der Waals surface area contributed by atoms with Crippen LogP contribution in [0.4, 0.5) is 10.6 Å². The minimum atomic E-state index is -0.128. The molecule has 122 valence electrons. The fraction of sp³-hybridized carbons (Fsp3) is 0.625. The molecule has 1 fully saturated rings. The van der Waals surface area contributed by atoms with E-state index in [-0.39, 0.29) is 6.03 Å². The molecule has 1 aromatic rings. The Bertz CT molecular complexity index is 466. The normalized spacial score (nSPS) is 15.9. The Labute approximate surface area is 132 Å². The number of likely N-dealkylation sites (N-methyl/N-ethyl adjacent to an activating group) is 1. The molecule has 6 nitrogen and oxygen atoms in total. The molecule has 0 spiro atoms. The van der Waals surface area contributed by atoms with Crippen LogP contribution in [0.25, 0.3) is 0 Å². The first-order valence-electron chi connectivity index (χ1n) is 7.94. The molecule has 0 radical (unpaired) electrons. The Kier molecular flexibility index (Phi) is 6.00. The van der Waals surface area contributed by atoms with E-state index >= 15 is 0 Å². The summed E-state index contributed by atoms with van der Waals surface area (Å²) >= 11 is 0. The van der Waals surface area contributed by atoms with E-state index in [0.29, 0.717) is 19.0 Å². The van der Waals surface area contributed by atoms with Crippen LogP contribution in [0, 0.1) is 5.92 Å². The summed E-state index contributed by atoms with van der Waals surface area (Å²) in [6, 6.07) is 3.94. The van der Waals surface area contributed by atoms with Crippen molar-refractivity contribution in [3.8, 4) is 0 Å². The van der Waals surface area contributed by atoms with Crippen molar-refractivity contribution < 1.29 is 4.79 Å². The first-order chi connectivity index (χ1) is 10.5. The van der Waals surface area contributed by atoms with Crippen molar-refractivity contribution in [1.29, 1.82) is 0 Å². The molecular weight excluding hydrogens is 278 g/mol. The fourth-order valence-electron chi connectivity index (χ4n) is 2.29. The molecule has 2 heterocycles. The molecule has 0 aromatic carbocycles. The smallest absolute Gasteiger partial charge is 0.315 e. The van der Waals surface area contributed by atoms with Crippen molar-refractivity contribution in [3.63, 3.8) is 0 Å². The lowest BCUT2D eigenvalue weighted by Gasteiger charge is -2.33. The van der Waals surface area contributed by atoms with Crippen molar-refractivity contribution in [1.82, 2.24) is 20.5 Å². The van der Waals surface area contributed by atoms with Gasteiger partial charge in [-0.2, -0.15) is 0 Å². The molecule has 1 aliphatic heterocycles. The predicted molar refractivity (Wildman–Crippen MR) is 89.0 cm³/mol. The maximum atomic E-state index is 11.6. The zero-order valence-electron chi connectivity index (χ0n) is 13.8. The van der Waals surface area contributed by atoms with Crippen LogP contribution in [-0.4, -0.2) is 55.7 Å². The van der Waals surface area contributed by atoms with E-state index in [4.69, 9.17) is 0 Å². The predicted octanol–water partition coefficient (Wildman–Crippen LogP) is 1.29. The molecule has 0 saturated carbocycles. The van der Waals surface area contributed by atoms with Crippen LogP contribution in [0.3, 0.4) is 0 Å². The maximum Gasteiger partial charge on any atom is 0.315 e. The standard InChI is InChI=1S/C16H27N5O/c1-13(2)10-18-16(22)19-12-14-4-5-15(17-11-14)21-8-6-20(3)7-9-21/h4-5,11,13H,6-10,12H2,1-3H3,(H2,18,19,22). The highest BCUT2D eigenvalue weighted by molar-refractivity contribution is 5.73. The van der Waals surface area contributed by atoms with Crippen molar-refractivity contribution >= 4 is 11.8 Å². The molecule has 1 aromatic heterocycles. The number of nitrogens with zero attached hydrogens (tertiary/aromatic N) is 3. The minimum absolute atomic E-state index is 0.128. The number of rotatable bonds is 5. The van der Waals surface area contributed by atoms with Gasteiger partial charge in [-0.1, -0.05) is 19.9 Å². The topological polar surface area (TPSA) is 60.5 Å². The Morgan fingerprint density at radius 2 is 1.95 bits per heavy atom. The molecule has 2 amide bonds. The number of aromatic nitrogens is 1. The summed E-state index contributed by atoms with van der Waals surface area (Å²) in [5.41, 5.74) is 1.01. The summed E-state index contributed by atoms with van der Waals surface area (Å²) in [6.45, 7) is 9.49. The zero-order chi connectivity index (χ0) is 15.9. The van der Waals surface area contributed by atoms with Gasteiger partial charge in [-0.3, -0.25) is 0 Å². The maximum absolute atomic E-state index is 11.6. The Morgan fingerprint density at radius 1 is 1.23 bits per heavy atom. The van der Waals surface area contributed by atoms with Crippen molar-refractivity contribution in [2.45, 2.75) is 20.4 Å². The minimum Gasteiger partial charge on any atom is -0.354 e. The second kappa shape index (κ2) is 7.98. The number of anilines is 1. The van der Waals surface area contributed by atoms with Gasteiger partial charge in [-0.15, -0.1) is 0 Å². The lowest BCUT2D eigenvalue weighted by molar-refractivity contribution is 0.239. The Hall–Kier alpha value is -1.82. The van der Waals surface area contributed by atoms with Crippen LogP contribution in [0.2, 0.25) is 0 Å². The molecule has 0 unspecified atom stereocenters. The number of hydrogen-bond donors (Lipinski definition) is 2. The van der Waals surface area contributed by atoms with E-state index in [0.717, 1.165) is 37.6 Å². The van der Waals surface area contributed by atoms with Gasteiger partial charge in [0.1, 0.15) is 5.82 Å². The number of pyridine rings is 1. The molecule has 2 N–H and O–H groups in total. The fourth-order valence-corrected chi connectivity index (χ4v) is 2.29. The average molecular weight is 305 g/mol. The number of carbonyl (C=O) groups is 1. The SMILES string of the molecule is CC(C)CNC(=O)NCc1ccc(N2CCN(C)CC2)nc1.